The molecule has 0 atom stereocenters. The molecular weight excluding hydrogens is 250 g/mol. The zero-order valence-corrected chi connectivity index (χ0v) is 10.5. The first-order valence-corrected chi connectivity index (χ1v) is 6.30. The van der Waals surface area contributed by atoms with Crippen LogP contribution in [0.15, 0.2) is 12.3 Å². The van der Waals surface area contributed by atoms with E-state index in [2.05, 4.69) is 10.4 Å². The van der Waals surface area contributed by atoms with E-state index in [0.29, 0.717) is 5.82 Å². The van der Waals surface area contributed by atoms with Gasteiger partial charge in [-0.1, -0.05) is 12.8 Å². The van der Waals surface area contributed by atoms with Crippen LogP contribution in [0.2, 0.25) is 0 Å². The van der Waals surface area contributed by atoms with Gasteiger partial charge in [-0.05, 0) is 12.8 Å². The minimum Gasteiger partial charge on any atom is -0.480 e. The summed E-state index contributed by atoms with van der Waals surface area (Å²) < 4.78 is 6.71. The van der Waals surface area contributed by atoms with Crippen LogP contribution in [0.4, 0.5) is 5.82 Å². The lowest BCUT2D eigenvalue weighted by atomic mass is 10.3. The number of amides is 1. The summed E-state index contributed by atoms with van der Waals surface area (Å²) in [5.74, 6) is -0.917. The van der Waals surface area contributed by atoms with Gasteiger partial charge < -0.3 is 15.2 Å². The molecule has 1 heterocycles. The zero-order chi connectivity index (χ0) is 13.7. The van der Waals surface area contributed by atoms with Gasteiger partial charge in [0.15, 0.2) is 5.82 Å². The Labute approximate surface area is 110 Å². The number of carbonyl (C=O) groups excluding carboxylic acids is 1. The Morgan fingerprint density at radius 1 is 1.47 bits per heavy atom. The van der Waals surface area contributed by atoms with Gasteiger partial charge in [-0.3, -0.25) is 14.3 Å². The first kappa shape index (κ1) is 13.5. The number of carboxylic acids is 1. The second kappa shape index (κ2) is 6.33. The smallest absolute Gasteiger partial charge is 0.325 e. The molecule has 1 aromatic heterocycles. The van der Waals surface area contributed by atoms with Crippen LogP contribution in [-0.2, 0) is 20.9 Å². The van der Waals surface area contributed by atoms with Crippen molar-refractivity contribution in [2.75, 3.05) is 11.9 Å². The Morgan fingerprint density at radius 2 is 2.21 bits per heavy atom. The number of aromatic nitrogens is 2. The Kier molecular flexibility index (Phi) is 4.51. The molecule has 104 valence electrons. The standard InChI is InChI=1S/C12H17N3O4/c16-11(8-19-9-3-1-2-4-9)13-10-5-6-15(14-10)7-12(17)18/h5-6,9H,1-4,7-8H2,(H,17,18)(H,13,14,16). The van der Waals surface area contributed by atoms with E-state index in [0.717, 1.165) is 25.7 Å². The van der Waals surface area contributed by atoms with Gasteiger partial charge in [0.05, 0.1) is 6.10 Å². The Bertz CT molecular complexity index is 452. The highest BCUT2D eigenvalue weighted by molar-refractivity contribution is 5.90. The number of aliphatic carboxylic acids is 1. The molecule has 0 aliphatic heterocycles. The lowest BCUT2D eigenvalue weighted by Crippen LogP contribution is -2.22. The molecule has 0 bridgehead atoms. The number of anilines is 1. The summed E-state index contributed by atoms with van der Waals surface area (Å²) in [6.45, 7) is -0.217. The summed E-state index contributed by atoms with van der Waals surface area (Å²) in [5.41, 5.74) is 0. The molecule has 7 nitrogen and oxygen atoms in total. The molecule has 0 radical (unpaired) electrons. The second-order valence-corrected chi connectivity index (χ2v) is 4.56. The van der Waals surface area contributed by atoms with Crippen molar-refractivity contribution in [2.24, 2.45) is 0 Å². The molecule has 1 fully saturated rings. The molecule has 0 aromatic carbocycles. The zero-order valence-electron chi connectivity index (χ0n) is 10.5. The van der Waals surface area contributed by atoms with E-state index in [1.54, 1.807) is 6.07 Å². The maximum Gasteiger partial charge on any atom is 0.325 e. The third kappa shape index (κ3) is 4.36. The predicted molar refractivity (Wildman–Crippen MR) is 66.7 cm³/mol. The van der Waals surface area contributed by atoms with E-state index in [1.807, 2.05) is 0 Å². The van der Waals surface area contributed by atoms with Crippen molar-refractivity contribution in [1.29, 1.82) is 0 Å². The Morgan fingerprint density at radius 3 is 2.89 bits per heavy atom. The molecule has 1 saturated carbocycles. The van der Waals surface area contributed by atoms with Crippen LogP contribution < -0.4 is 5.32 Å². The van der Waals surface area contributed by atoms with E-state index in [9.17, 15) is 9.59 Å². The molecule has 19 heavy (non-hydrogen) atoms. The van der Waals surface area contributed by atoms with Crippen molar-refractivity contribution >= 4 is 17.7 Å². The van der Waals surface area contributed by atoms with Crippen LogP contribution in [0.5, 0.6) is 0 Å². The minimum atomic E-state index is -0.981. The van der Waals surface area contributed by atoms with Crippen molar-refractivity contribution in [3.63, 3.8) is 0 Å². The largest absolute Gasteiger partial charge is 0.480 e. The van der Waals surface area contributed by atoms with Crippen molar-refractivity contribution in [1.82, 2.24) is 9.78 Å². The third-order valence-electron chi connectivity index (χ3n) is 2.96. The molecule has 1 amide bonds. The van der Waals surface area contributed by atoms with Crippen LogP contribution in [-0.4, -0.2) is 39.5 Å². The van der Waals surface area contributed by atoms with Crippen LogP contribution in [0, 0.1) is 0 Å². The van der Waals surface area contributed by atoms with Crippen LogP contribution in [0.3, 0.4) is 0 Å². The highest BCUT2D eigenvalue weighted by Crippen LogP contribution is 2.20. The summed E-state index contributed by atoms with van der Waals surface area (Å²) >= 11 is 0. The van der Waals surface area contributed by atoms with Crippen molar-refractivity contribution in [3.8, 4) is 0 Å². The number of hydrogen-bond donors (Lipinski definition) is 2. The number of nitrogens with zero attached hydrogens (tertiary/aromatic N) is 2. The van der Waals surface area contributed by atoms with Gasteiger partial charge in [0.2, 0.25) is 0 Å². The highest BCUT2D eigenvalue weighted by atomic mass is 16.5. The Hall–Kier alpha value is -1.89. The molecule has 0 spiro atoms. The first-order chi connectivity index (χ1) is 9.13. The minimum absolute atomic E-state index is 0.0104. The van der Waals surface area contributed by atoms with E-state index in [1.165, 1.54) is 10.9 Å². The summed E-state index contributed by atoms with van der Waals surface area (Å²) in [7, 11) is 0. The molecule has 0 saturated heterocycles. The quantitative estimate of drug-likeness (QED) is 0.797. The van der Waals surface area contributed by atoms with E-state index < -0.39 is 5.97 Å². The lowest BCUT2D eigenvalue weighted by Gasteiger charge is -2.10. The molecule has 0 unspecified atom stereocenters. The van der Waals surface area contributed by atoms with Crippen molar-refractivity contribution in [2.45, 2.75) is 38.3 Å². The van der Waals surface area contributed by atoms with Gasteiger partial charge in [0.1, 0.15) is 13.2 Å². The number of hydrogen-bond acceptors (Lipinski definition) is 4. The number of carbonyl (C=O) groups is 2. The van der Waals surface area contributed by atoms with E-state index in [-0.39, 0.29) is 25.2 Å². The number of carboxylic acid groups (broad SMARTS) is 1. The Balaban J connectivity index is 1.74. The van der Waals surface area contributed by atoms with Crippen molar-refractivity contribution < 1.29 is 19.4 Å². The predicted octanol–water partition coefficient (Wildman–Crippen LogP) is 0.865. The summed E-state index contributed by atoms with van der Waals surface area (Å²) in [6.07, 6.45) is 6.04. The maximum atomic E-state index is 11.6. The SMILES string of the molecule is O=C(O)Cn1ccc(NC(=O)COC2CCCC2)n1. The van der Waals surface area contributed by atoms with Crippen molar-refractivity contribution in [3.05, 3.63) is 12.3 Å². The fourth-order valence-corrected chi connectivity index (χ4v) is 2.08. The number of ether oxygens (including phenoxy) is 1. The molecule has 2 rings (SSSR count). The molecule has 2 N–H and O–H groups in total. The molecule has 1 aliphatic carbocycles. The summed E-state index contributed by atoms with van der Waals surface area (Å²) in [5, 5.41) is 15.1. The number of rotatable bonds is 6. The van der Waals surface area contributed by atoms with E-state index in [4.69, 9.17) is 9.84 Å². The number of nitrogens with one attached hydrogen (secondary N) is 1. The average Bonchev–Trinajstić information content (AvgIpc) is 2.97. The van der Waals surface area contributed by atoms with Crippen LogP contribution in [0.25, 0.3) is 0 Å². The van der Waals surface area contributed by atoms with E-state index >= 15 is 0 Å². The maximum absolute atomic E-state index is 11.6. The lowest BCUT2D eigenvalue weighted by molar-refractivity contribution is -0.137. The van der Waals surface area contributed by atoms with Gasteiger partial charge in [0.25, 0.3) is 5.91 Å². The molecule has 1 aliphatic rings. The topological polar surface area (TPSA) is 93.5 Å². The fourth-order valence-electron chi connectivity index (χ4n) is 2.08. The molecular formula is C12H17N3O4. The monoisotopic (exact) mass is 267 g/mol. The van der Waals surface area contributed by atoms with Gasteiger partial charge in [-0.25, -0.2) is 0 Å². The molecule has 7 heteroatoms. The highest BCUT2D eigenvalue weighted by Gasteiger charge is 2.16. The molecule has 1 aromatic rings. The normalized spacial score (nSPS) is 15.6. The summed E-state index contributed by atoms with van der Waals surface area (Å²) in [6, 6.07) is 1.55. The fraction of sp³-hybridized carbons (Fsp3) is 0.583. The van der Waals surface area contributed by atoms with Crippen LogP contribution in [0.1, 0.15) is 25.7 Å². The van der Waals surface area contributed by atoms with Gasteiger partial charge in [0, 0.05) is 12.3 Å². The van der Waals surface area contributed by atoms with Gasteiger partial charge >= 0.3 is 5.97 Å². The van der Waals surface area contributed by atoms with Crippen LogP contribution >= 0.6 is 0 Å². The van der Waals surface area contributed by atoms with Gasteiger partial charge in [-0.2, -0.15) is 5.10 Å². The summed E-state index contributed by atoms with van der Waals surface area (Å²) in [4.78, 5) is 22.1. The third-order valence-corrected chi connectivity index (χ3v) is 2.96. The first-order valence-electron chi connectivity index (χ1n) is 6.30. The average molecular weight is 267 g/mol. The second-order valence-electron chi connectivity index (χ2n) is 4.56. The van der Waals surface area contributed by atoms with Gasteiger partial charge in [-0.15, -0.1) is 0 Å².